The fourth-order valence-electron chi connectivity index (χ4n) is 1.43. The number of carbonyl (C=O) groups excluding carboxylic acids is 2. The maximum atomic E-state index is 11.7. The van der Waals surface area contributed by atoms with Crippen molar-refractivity contribution in [3.63, 3.8) is 0 Å². The van der Waals surface area contributed by atoms with E-state index >= 15 is 0 Å². The van der Waals surface area contributed by atoms with Gasteiger partial charge in [-0.3, -0.25) is 9.59 Å². The van der Waals surface area contributed by atoms with Crippen molar-refractivity contribution in [1.82, 2.24) is 10.6 Å². The van der Waals surface area contributed by atoms with Crippen molar-refractivity contribution >= 4 is 11.8 Å². The highest BCUT2D eigenvalue weighted by Gasteiger charge is 2.26. The Kier molecular flexibility index (Phi) is 4.12. The molecule has 0 bridgehead atoms. The van der Waals surface area contributed by atoms with Crippen molar-refractivity contribution in [2.45, 2.75) is 39.7 Å². The lowest BCUT2D eigenvalue weighted by atomic mass is 10.0. The van der Waals surface area contributed by atoms with Crippen LogP contribution in [0.3, 0.4) is 0 Å². The van der Waals surface area contributed by atoms with Crippen LogP contribution in [0, 0.1) is 11.8 Å². The third-order valence-electron chi connectivity index (χ3n) is 2.57. The Morgan fingerprint density at radius 2 is 1.93 bits per heavy atom. The molecule has 1 aliphatic rings. The first kappa shape index (κ1) is 12.0. The molecule has 0 aliphatic heterocycles. The van der Waals surface area contributed by atoms with Gasteiger partial charge in [0.15, 0.2) is 0 Å². The number of hydrogen-bond donors (Lipinski definition) is 2. The minimum Gasteiger partial charge on any atom is -0.354 e. The molecule has 1 fully saturated rings. The van der Waals surface area contributed by atoms with E-state index in [1.54, 1.807) is 0 Å². The summed E-state index contributed by atoms with van der Waals surface area (Å²) in [5, 5.41) is 5.55. The fourth-order valence-corrected chi connectivity index (χ4v) is 1.43. The van der Waals surface area contributed by atoms with E-state index < -0.39 is 6.04 Å². The van der Waals surface area contributed by atoms with Crippen molar-refractivity contribution in [2.24, 2.45) is 11.8 Å². The topological polar surface area (TPSA) is 58.2 Å². The summed E-state index contributed by atoms with van der Waals surface area (Å²) >= 11 is 0. The predicted octanol–water partition coefficient (Wildman–Crippen LogP) is 0.673. The van der Waals surface area contributed by atoms with Crippen molar-refractivity contribution in [2.75, 3.05) is 6.54 Å². The molecule has 0 spiro atoms. The first-order valence-electron chi connectivity index (χ1n) is 5.55. The summed E-state index contributed by atoms with van der Waals surface area (Å²) in [4.78, 5) is 22.6. The molecule has 1 aliphatic carbocycles. The summed E-state index contributed by atoms with van der Waals surface area (Å²) in [6.45, 7) is 6.04. The molecule has 0 radical (unpaired) electrons. The Morgan fingerprint density at radius 3 is 2.33 bits per heavy atom. The first-order chi connectivity index (χ1) is 7.00. The summed E-state index contributed by atoms with van der Waals surface area (Å²) in [7, 11) is 0. The molecular weight excluding hydrogens is 192 g/mol. The van der Waals surface area contributed by atoms with E-state index in [4.69, 9.17) is 0 Å². The molecule has 1 atom stereocenters. The predicted molar refractivity (Wildman–Crippen MR) is 58.2 cm³/mol. The fraction of sp³-hybridized carbons (Fsp3) is 0.818. The van der Waals surface area contributed by atoms with Gasteiger partial charge in [-0.1, -0.05) is 13.8 Å². The van der Waals surface area contributed by atoms with Gasteiger partial charge in [0.25, 0.3) is 0 Å². The largest absolute Gasteiger partial charge is 0.354 e. The minimum atomic E-state index is -0.402. The van der Waals surface area contributed by atoms with Crippen LogP contribution in [0.25, 0.3) is 0 Å². The standard InChI is InChI=1S/C11H20N2O2/c1-7(2)10(13-8(3)14)11(15)12-6-9-4-5-9/h7,9-10H,4-6H2,1-3H3,(H,12,15)(H,13,14). The van der Waals surface area contributed by atoms with E-state index in [0.29, 0.717) is 5.92 Å². The van der Waals surface area contributed by atoms with E-state index in [1.165, 1.54) is 19.8 Å². The number of rotatable bonds is 5. The molecule has 2 amide bonds. The molecule has 0 saturated heterocycles. The molecule has 1 saturated carbocycles. The van der Waals surface area contributed by atoms with Crippen molar-refractivity contribution in [3.05, 3.63) is 0 Å². The van der Waals surface area contributed by atoms with E-state index in [1.807, 2.05) is 13.8 Å². The van der Waals surface area contributed by atoms with Crippen molar-refractivity contribution in [1.29, 1.82) is 0 Å². The van der Waals surface area contributed by atoms with Gasteiger partial charge in [-0.25, -0.2) is 0 Å². The van der Waals surface area contributed by atoms with Crippen LogP contribution in [-0.2, 0) is 9.59 Å². The van der Waals surface area contributed by atoms with E-state index in [9.17, 15) is 9.59 Å². The van der Waals surface area contributed by atoms with Crippen LogP contribution >= 0.6 is 0 Å². The van der Waals surface area contributed by atoms with Gasteiger partial charge in [0.05, 0.1) is 0 Å². The summed E-state index contributed by atoms with van der Waals surface area (Å²) in [6, 6.07) is -0.402. The van der Waals surface area contributed by atoms with Gasteiger partial charge in [-0.05, 0) is 24.7 Å². The average molecular weight is 212 g/mol. The summed E-state index contributed by atoms with van der Waals surface area (Å²) in [5.41, 5.74) is 0. The van der Waals surface area contributed by atoms with Crippen LogP contribution in [-0.4, -0.2) is 24.4 Å². The number of amides is 2. The molecule has 0 aromatic rings. The summed E-state index contributed by atoms with van der Waals surface area (Å²) in [6.07, 6.45) is 2.43. The highest BCUT2D eigenvalue weighted by Crippen LogP contribution is 2.27. The number of hydrogen-bond acceptors (Lipinski definition) is 2. The van der Waals surface area contributed by atoms with E-state index in [0.717, 1.165) is 6.54 Å². The molecule has 1 rings (SSSR count). The summed E-state index contributed by atoms with van der Waals surface area (Å²) in [5.74, 6) is 0.564. The van der Waals surface area contributed by atoms with Gasteiger partial charge in [0.1, 0.15) is 6.04 Å². The highest BCUT2D eigenvalue weighted by atomic mass is 16.2. The molecule has 0 aromatic carbocycles. The van der Waals surface area contributed by atoms with E-state index in [2.05, 4.69) is 10.6 Å². The lowest BCUT2D eigenvalue weighted by Crippen LogP contribution is -2.49. The molecule has 4 heteroatoms. The molecular formula is C11H20N2O2. The van der Waals surface area contributed by atoms with Crippen LogP contribution in [0.15, 0.2) is 0 Å². The zero-order chi connectivity index (χ0) is 11.4. The second-order valence-electron chi connectivity index (χ2n) is 4.61. The Morgan fingerprint density at radius 1 is 1.33 bits per heavy atom. The molecule has 15 heavy (non-hydrogen) atoms. The zero-order valence-electron chi connectivity index (χ0n) is 9.67. The quantitative estimate of drug-likeness (QED) is 0.704. The van der Waals surface area contributed by atoms with E-state index in [-0.39, 0.29) is 17.7 Å². The zero-order valence-corrected chi connectivity index (χ0v) is 9.67. The van der Waals surface area contributed by atoms with Crippen LogP contribution < -0.4 is 10.6 Å². The van der Waals surface area contributed by atoms with Gasteiger partial charge >= 0.3 is 0 Å². The normalized spacial score (nSPS) is 17.3. The van der Waals surface area contributed by atoms with Crippen LogP contribution in [0.5, 0.6) is 0 Å². The molecule has 1 unspecified atom stereocenters. The Hall–Kier alpha value is -1.06. The third-order valence-corrected chi connectivity index (χ3v) is 2.57. The lowest BCUT2D eigenvalue weighted by Gasteiger charge is -2.20. The monoisotopic (exact) mass is 212 g/mol. The van der Waals surface area contributed by atoms with Gasteiger partial charge in [0, 0.05) is 13.5 Å². The van der Waals surface area contributed by atoms with Crippen molar-refractivity contribution < 1.29 is 9.59 Å². The van der Waals surface area contributed by atoms with Gasteiger partial charge in [0.2, 0.25) is 11.8 Å². The van der Waals surface area contributed by atoms with Gasteiger partial charge < -0.3 is 10.6 Å². The van der Waals surface area contributed by atoms with Crippen LogP contribution in [0.4, 0.5) is 0 Å². The molecule has 0 aromatic heterocycles. The smallest absolute Gasteiger partial charge is 0.242 e. The maximum Gasteiger partial charge on any atom is 0.242 e. The van der Waals surface area contributed by atoms with Gasteiger partial charge in [-0.2, -0.15) is 0 Å². The van der Waals surface area contributed by atoms with Gasteiger partial charge in [-0.15, -0.1) is 0 Å². The van der Waals surface area contributed by atoms with Crippen molar-refractivity contribution in [3.8, 4) is 0 Å². The highest BCUT2D eigenvalue weighted by molar-refractivity contribution is 5.87. The first-order valence-corrected chi connectivity index (χ1v) is 5.55. The minimum absolute atomic E-state index is 0.0629. The molecule has 0 heterocycles. The molecule has 4 nitrogen and oxygen atoms in total. The lowest BCUT2D eigenvalue weighted by molar-refractivity contribution is -0.129. The average Bonchev–Trinajstić information content (AvgIpc) is 2.93. The third kappa shape index (κ3) is 4.32. The Balaban J connectivity index is 2.38. The number of carbonyl (C=O) groups is 2. The Bertz CT molecular complexity index is 247. The van der Waals surface area contributed by atoms with Crippen LogP contribution in [0.2, 0.25) is 0 Å². The maximum absolute atomic E-state index is 11.7. The SMILES string of the molecule is CC(=O)NC(C(=O)NCC1CC1)C(C)C. The Labute approximate surface area is 90.8 Å². The molecule has 86 valence electrons. The number of nitrogens with one attached hydrogen (secondary N) is 2. The van der Waals surface area contributed by atoms with Crippen LogP contribution in [0.1, 0.15) is 33.6 Å². The molecule has 2 N–H and O–H groups in total. The summed E-state index contributed by atoms with van der Waals surface area (Å²) < 4.78 is 0. The second-order valence-corrected chi connectivity index (χ2v) is 4.61. The second kappa shape index (κ2) is 5.14.